The molecule has 0 unspecified atom stereocenters. The molecule has 0 aliphatic carbocycles. The highest BCUT2D eigenvalue weighted by Crippen LogP contribution is 2.18. The van der Waals surface area contributed by atoms with Crippen molar-refractivity contribution in [1.29, 1.82) is 0 Å². The molecular formula is C13H17ClN2O2. The van der Waals surface area contributed by atoms with E-state index in [9.17, 15) is 4.79 Å². The SMILES string of the molecule is CCNCCNC(=O)c1cc2ccccc2o1.Cl. The van der Waals surface area contributed by atoms with E-state index in [2.05, 4.69) is 10.6 Å². The Morgan fingerprint density at radius 1 is 1.28 bits per heavy atom. The number of carbonyl (C=O) groups excluding carboxylic acids is 1. The third kappa shape index (κ3) is 3.48. The average molecular weight is 269 g/mol. The van der Waals surface area contributed by atoms with Crippen molar-refractivity contribution in [2.45, 2.75) is 6.92 Å². The third-order valence-corrected chi connectivity index (χ3v) is 2.49. The summed E-state index contributed by atoms with van der Waals surface area (Å²) in [6.07, 6.45) is 0. The maximum atomic E-state index is 11.7. The zero-order valence-corrected chi connectivity index (χ0v) is 11.0. The van der Waals surface area contributed by atoms with Crippen molar-refractivity contribution in [3.05, 3.63) is 36.1 Å². The fourth-order valence-electron chi connectivity index (χ4n) is 1.62. The van der Waals surface area contributed by atoms with Crippen LogP contribution in [0.1, 0.15) is 17.5 Å². The summed E-state index contributed by atoms with van der Waals surface area (Å²) in [7, 11) is 0. The smallest absolute Gasteiger partial charge is 0.287 e. The van der Waals surface area contributed by atoms with Gasteiger partial charge in [0.1, 0.15) is 5.58 Å². The molecule has 5 heteroatoms. The zero-order chi connectivity index (χ0) is 12.1. The van der Waals surface area contributed by atoms with Crippen molar-refractivity contribution in [2.24, 2.45) is 0 Å². The largest absolute Gasteiger partial charge is 0.451 e. The number of amides is 1. The number of benzene rings is 1. The Morgan fingerprint density at radius 3 is 2.78 bits per heavy atom. The molecule has 2 aromatic rings. The lowest BCUT2D eigenvalue weighted by atomic mass is 10.2. The number of carbonyl (C=O) groups is 1. The van der Waals surface area contributed by atoms with E-state index in [1.54, 1.807) is 6.07 Å². The minimum atomic E-state index is -0.167. The summed E-state index contributed by atoms with van der Waals surface area (Å²) in [5.41, 5.74) is 0.740. The van der Waals surface area contributed by atoms with Gasteiger partial charge in [0.15, 0.2) is 5.76 Å². The van der Waals surface area contributed by atoms with Gasteiger partial charge >= 0.3 is 0 Å². The summed E-state index contributed by atoms with van der Waals surface area (Å²) >= 11 is 0. The van der Waals surface area contributed by atoms with Crippen LogP contribution in [-0.2, 0) is 0 Å². The Balaban J connectivity index is 0.00000162. The first kappa shape index (κ1) is 14.5. The van der Waals surface area contributed by atoms with Crippen LogP contribution >= 0.6 is 12.4 Å². The summed E-state index contributed by atoms with van der Waals surface area (Å²) in [5.74, 6) is 0.196. The molecule has 0 fully saturated rings. The molecule has 0 atom stereocenters. The van der Waals surface area contributed by atoms with Crippen LogP contribution in [0, 0.1) is 0 Å². The van der Waals surface area contributed by atoms with Crippen LogP contribution in [0.25, 0.3) is 11.0 Å². The average Bonchev–Trinajstić information content (AvgIpc) is 2.78. The molecule has 18 heavy (non-hydrogen) atoms. The number of rotatable bonds is 5. The molecule has 2 rings (SSSR count). The minimum absolute atomic E-state index is 0. The summed E-state index contributed by atoms with van der Waals surface area (Å²) in [5, 5.41) is 6.88. The molecular weight excluding hydrogens is 252 g/mol. The highest BCUT2D eigenvalue weighted by Gasteiger charge is 2.10. The van der Waals surface area contributed by atoms with Crippen LogP contribution in [0.15, 0.2) is 34.7 Å². The Hall–Kier alpha value is -1.52. The molecule has 1 amide bonds. The number of likely N-dealkylation sites (N-methyl/N-ethyl adjacent to an activating group) is 1. The Labute approximate surface area is 112 Å². The molecule has 2 N–H and O–H groups in total. The molecule has 1 aromatic heterocycles. The number of hydrogen-bond acceptors (Lipinski definition) is 3. The number of furan rings is 1. The standard InChI is InChI=1S/C13H16N2O2.ClH/c1-2-14-7-8-15-13(16)12-9-10-5-3-4-6-11(10)17-12;/h3-6,9,14H,2,7-8H2,1H3,(H,15,16);1H. The van der Waals surface area contributed by atoms with Gasteiger partial charge in [0.05, 0.1) is 0 Å². The van der Waals surface area contributed by atoms with E-state index in [0.717, 1.165) is 24.1 Å². The van der Waals surface area contributed by atoms with Crippen LogP contribution in [0.4, 0.5) is 0 Å². The molecule has 0 saturated heterocycles. The van der Waals surface area contributed by atoms with E-state index < -0.39 is 0 Å². The molecule has 0 radical (unpaired) electrons. The van der Waals surface area contributed by atoms with Crippen LogP contribution in [0.2, 0.25) is 0 Å². The van der Waals surface area contributed by atoms with Gasteiger partial charge in [0.25, 0.3) is 5.91 Å². The lowest BCUT2D eigenvalue weighted by Gasteiger charge is -2.02. The molecule has 1 heterocycles. The molecule has 0 spiro atoms. The van der Waals surface area contributed by atoms with Crippen molar-refractivity contribution in [3.8, 4) is 0 Å². The van der Waals surface area contributed by atoms with E-state index in [0.29, 0.717) is 12.3 Å². The van der Waals surface area contributed by atoms with Crippen LogP contribution in [0.5, 0.6) is 0 Å². The normalized spacial score (nSPS) is 10.1. The van der Waals surface area contributed by atoms with Crippen LogP contribution in [-0.4, -0.2) is 25.5 Å². The molecule has 0 aliphatic heterocycles. The highest BCUT2D eigenvalue weighted by molar-refractivity contribution is 5.96. The first-order chi connectivity index (χ1) is 8.31. The second-order valence-electron chi connectivity index (χ2n) is 3.76. The van der Waals surface area contributed by atoms with E-state index in [1.165, 1.54) is 0 Å². The van der Waals surface area contributed by atoms with Crippen LogP contribution < -0.4 is 10.6 Å². The van der Waals surface area contributed by atoms with Crippen molar-refractivity contribution in [3.63, 3.8) is 0 Å². The fourth-order valence-corrected chi connectivity index (χ4v) is 1.62. The molecule has 98 valence electrons. The van der Waals surface area contributed by atoms with Crippen LogP contribution in [0.3, 0.4) is 0 Å². The Bertz CT molecular complexity index is 477. The Kier molecular flexibility index (Phi) is 5.68. The summed E-state index contributed by atoms with van der Waals surface area (Å²) in [6, 6.07) is 9.35. The summed E-state index contributed by atoms with van der Waals surface area (Å²) in [4.78, 5) is 11.7. The number of para-hydroxylation sites is 1. The lowest BCUT2D eigenvalue weighted by molar-refractivity contribution is 0.0928. The van der Waals surface area contributed by atoms with Gasteiger partial charge in [-0.05, 0) is 18.7 Å². The molecule has 0 bridgehead atoms. The fraction of sp³-hybridized carbons (Fsp3) is 0.308. The topological polar surface area (TPSA) is 54.3 Å². The predicted molar refractivity (Wildman–Crippen MR) is 74.3 cm³/mol. The third-order valence-electron chi connectivity index (χ3n) is 2.49. The van der Waals surface area contributed by atoms with Gasteiger partial charge in [-0.3, -0.25) is 4.79 Å². The number of hydrogen-bond donors (Lipinski definition) is 2. The van der Waals surface area contributed by atoms with Gasteiger partial charge in [-0.1, -0.05) is 25.1 Å². The number of halogens is 1. The van der Waals surface area contributed by atoms with Crippen molar-refractivity contribution < 1.29 is 9.21 Å². The number of fused-ring (bicyclic) bond motifs is 1. The highest BCUT2D eigenvalue weighted by atomic mass is 35.5. The first-order valence-corrected chi connectivity index (χ1v) is 5.78. The quantitative estimate of drug-likeness (QED) is 0.818. The van der Waals surface area contributed by atoms with E-state index in [1.807, 2.05) is 31.2 Å². The minimum Gasteiger partial charge on any atom is -0.451 e. The second kappa shape index (κ2) is 7.03. The van der Waals surface area contributed by atoms with E-state index in [-0.39, 0.29) is 18.3 Å². The van der Waals surface area contributed by atoms with E-state index >= 15 is 0 Å². The first-order valence-electron chi connectivity index (χ1n) is 5.78. The molecule has 4 nitrogen and oxygen atoms in total. The maximum absolute atomic E-state index is 11.7. The van der Waals surface area contributed by atoms with Crippen molar-refractivity contribution >= 4 is 29.3 Å². The zero-order valence-electron chi connectivity index (χ0n) is 10.2. The monoisotopic (exact) mass is 268 g/mol. The van der Waals surface area contributed by atoms with Gasteiger partial charge in [-0.15, -0.1) is 12.4 Å². The predicted octanol–water partition coefficient (Wildman–Crippen LogP) is 2.19. The van der Waals surface area contributed by atoms with Gasteiger partial charge in [-0.2, -0.15) is 0 Å². The lowest BCUT2D eigenvalue weighted by Crippen LogP contribution is -2.31. The summed E-state index contributed by atoms with van der Waals surface area (Å²) in [6.45, 7) is 4.30. The molecule has 1 aromatic carbocycles. The van der Waals surface area contributed by atoms with Crippen molar-refractivity contribution in [1.82, 2.24) is 10.6 Å². The Morgan fingerprint density at radius 2 is 2.06 bits per heavy atom. The van der Waals surface area contributed by atoms with Gasteiger partial charge in [0, 0.05) is 18.5 Å². The van der Waals surface area contributed by atoms with Gasteiger partial charge < -0.3 is 15.1 Å². The van der Waals surface area contributed by atoms with Gasteiger partial charge in [-0.25, -0.2) is 0 Å². The summed E-state index contributed by atoms with van der Waals surface area (Å²) < 4.78 is 5.45. The second-order valence-corrected chi connectivity index (χ2v) is 3.76. The van der Waals surface area contributed by atoms with E-state index in [4.69, 9.17) is 4.42 Å². The van der Waals surface area contributed by atoms with Crippen molar-refractivity contribution in [2.75, 3.05) is 19.6 Å². The molecule has 0 aliphatic rings. The molecule has 0 saturated carbocycles. The van der Waals surface area contributed by atoms with Gasteiger partial charge in [0.2, 0.25) is 0 Å². The maximum Gasteiger partial charge on any atom is 0.287 e. The number of nitrogens with one attached hydrogen (secondary N) is 2.